The third-order valence-electron chi connectivity index (χ3n) is 3.14. The summed E-state index contributed by atoms with van der Waals surface area (Å²) in [6.07, 6.45) is 0. The third-order valence-corrected chi connectivity index (χ3v) is 6.28. The van der Waals surface area contributed by atoms with E-state index in [9.17, 15) is 12.8 Å². The van der Waals surface area contributed by atoms with Crippen molar-refractivity contribution in [2.24, 2.45) is 0 Å². The van der Waals surface area contributed by atoms with Gasteiger partial charge in [-0.1, -0.05) is 23.7 Å². The van der Waals surface area contributed by atoms with Gasteiger partial charge in [-0.15, -0.1) is 11.3 Å². The van der Waals surface area contributed by atoms with Crippen molar-refractivity contribution in [3.63, 3.8) is 0 Å². The van der Waals surface area contributed by atoms with Crippen molar-refractivity contribution in [3.8, 4) is 0 Å². The molecule has 0 bridgehead atoms. The smallest absolute Gasteiger partial charge is 0.250 e. The highest BCUT2D eigenvalue weighted by molar-refractivity contribution is 7.91. The normalized spacial score (nSPS) is 13.5. The maximum Gasteiger partial charge on any atom is 0.250 e. The van der Waals surface area contributed by atoms with Gasteiger partial charge in [0.25, 0.3) is 0 Å². The number of thiophene rings is 1. The van der Waals surface area contributed by atoms with Gasteiger partial charge in [0.15, 0.2) is 0 Å². The number of rotatable bonds is 6. The van der Waals surface area contributed by atoms with E-state index < -0.39 is 10.0 Å². The van der Waals surface area contributed by atoms with Crippen LogP contribution in [0.5, 0.6) is 0 Å². The zero-order valence-corrected chi connectivity index (χ0v) is 14.5. The molecule has 0 aliphatic heterocycles. The monoisotopic (exact) mass is 362 g/mol. The second kappa shape index (κ2) is 7.06. The quantitative estimate of drug-likeness (QED) is 0.858. The van der Waals surface area contributed by atoms with E-state index in [1.165, 1.54) is 24.3 Å². The lowest BCUT2D eigenvalue weighted by atomic mass is 10.1. The van der Waals surface area contributed by atoms with Crippen molar-refractivity contribution in [3.05, 3.63) is 52.1 Å². The van der Waals surface area contributed by atoms with Gasteiger partial charge in [-0.3, -0.25) is 0 Å². The van der Waals surface area contributed by atoms with Crippen LogP contribution >= 0.6 is 22.9 Å². The van der Waals surface area contributed by atoms with E-state index in [1.54, 1.807) is 12.1 Å². The van der Waals surface area contributed by atoms with Crippen molar-refractivity contribution >= 4 is 33.0 Å². The molecule has 0 spiro atoms. The van der Waals surface area contributed by atoms with Crippen LogP contribution in [0.15, 0.2) is 40.6 Å². The maximum atomic E-state index is 13.4. The fourth-order valence-electron chi connectivity index (χ4n) is 2.01. The SMILES string of the molecule is CN(C)[C@H](CNS(=O)(=O)c1ccc(Cl)s1)c1cccc(F)c1. The number of nitrogens with zero attached hydrogens (tertiary/aromatic N) is 1. The number of hydrogen-bond donors (Lipinski definition) is 1. The molecule has 0 unspecified atom stereocenters. The van der Waals surface area contributed by atoms with Crippen LogP contribution in [0.1, 0.15) is 11.6 Å². The van der Waals surface area contributed by atoms with E-state index >= 15 is 0 Å². The second-order valence-electron chi connectivity index (χ2n) is 4.94. The number of benzene rings is 1. The van der Waals surface area contributed by atoms with Crippen LogP contribution in [-0.2, 0) is 10.0 Å². The molecule has 8 heteroatoms. The van der Waals surface area contributed by atoms with Crippen LogP contribution in [0, 0.1) is 5.82 Å². The fraction of sp³-hybridized carbons (Fsp3) is 0.286. The van der Waals surface area contributed by atoms with Crippen molar-refractivity contribution in [2.45, 2.75) is 10.3 Å². The molecule has 22 heavy (non-hydrogen) atoms. The van der Waals surface area contributed by atoms with Crippen molar-refractivity contribution < 1.29 is 12.8 Å². The van der Waals surface area contributed by atoms with E-state index in [2.05, 4.69) is 4.72 Å². The highest BCUT2D eigenvalue weighted by Gasteiger charge is 2.21. The Hall–Kier alpha value is -0.990. The average molecular weight is 363 g/mol. The lowest BCUT2D eigenvalue weighted by Crippen LogP contribution is -2.34. The average Bonchev–Trinajstić information content (AvgIpc) is 2.86. The summed E-state index contributed by atoms with van der Waals surface area (Å²) in [4.78, 5) is 1.83. The standard InChI is InChI=1S/C14H16ClFN2O2S2/c1-18(2)12(10-4-3-5-11(16)8-10)9-17-22(19,20)14-7-6-13(15)21-14/h3-8,12,17H,9H2,1-2H3/t12-/m1/s1. The molecule has 4 nitrogen and oxygen atoms in total. The molecule has 1 heterocycles. The molecule has 0 saturated carbocycles. The van der Waals surface area contributed by atoms with Crippen LogP contribution < -0.4 is 4.72 Å². The van der Waals surface area contributed by atoms with Gasteiger partial charge in [-0.2, -0.15) is 0 Å². The summed E-state index contributed by atoms with van der Waals surface area (Å²) in [7, 11) is 0.000283. The van der Waals surface area contributed by atoms with Gasteiger partial charge in [-0.25, -0.2) is 17.5 Å². The second-order valence-corrected chi connectivity index (χ2v) is 8.65. The summed E-state index contributed by atoms with van der Waals surface area (Å²) in [6.45, 7) is 0.133. The molecule has 120 valence electrons. The van der Waals surface area contributed by atoms with E-state index in [0.717, 1.165) is 11.3 Å². The largest absolute Gasteiger partial charge is 0.301 e. The van der Waals surface area contributed by atoms with Crippen LogP contribution in [-0.4, -0.2) is 34.0 Å². The predicted molar refractivity (Wildman–Crippen MR) is 87.3 cm³/mol. The Kier molecular flexibility index (Phi) is 5.57. The molecule has 1 aromatic carbocycles. The molecule has 2 rings (SSSR count). The number of nitrogens with one attached hydrogen (secondary N) is 1. The molecule has 0 aliphatic rings. The van der Waals surface area contributed by atoms with E-state index in [-0.39, 0.29) is 22.6 Å². The molecule has 0 fully saturated rings. The Morgan fingerprint density at radius 3 is 2.59 bits per heavy atom. The van der Waals surface area contributed by atoms with Crippen molar-refractivity contribution in [1.29, 1.82) is 0 Å². The Labute approximate surface area is 138 Å². The lowest BCUT2D eigenvalue weighted by Gasteiger charge is -2.25. The summed E-state index contributed by atoms with van der Waals surface area (Å²) in [5.41, 5.74) is 0.705. The Balaban J connectivity index is 2.16. The van der Waals surface area contributed by atoms with Gasteiger partial charge in [0.1, 0.15) is 10.0 Å². The Morgan fingerprint density at radius 1 is 1.32 bits per heavy atom. The number of sulfonamides is 1. The molecular weight excluding hydrogens is 347 g/mol. The Bertz CT molecular complexity index is 747. The van der Waals surface area contributed by atoms with Crippen LogP contribution in [0.3, 0.4) is 0 Å². The first-order valence-electron chi connectivity index (χ1n) is 6.46. The van der Waals surface area contributed by atoms with Crippen LogP contribution in [0.4, 0.5) is 4.39 Å². The van der Waals surface area contributed by atoms with E-state index in [1.807, 2.05) is 19.0 Å². The maximum absolute atomic E-state index is 13.4. The molecule has 1 N–H and O–H groups in total. The molecule has 1 atom stereocenters. The van der Waals surface area contributed by atoms with Gasteiger partial charge in [0.2, 0.25) is 10.0 Å². The Morgan fingerprint density at radius 2 is 2.05 bits per heavy atom. The fourth-order valence-corrected chi connectivity index (χ4v) is 4.58. The first-order chi connectivity index (χ1) is 10.3. The molecule has 0 aliphatic carbocycles. The minimum atomic E-state index is -3.62. The topological polar surface area (TPSA) is 49.4 Å². The van der Waals surface area contributed by atoms with E-state index in [0.29, 0.717) is 9.90 Å². The molecule has 0 saturated heterocycles. The zero-order chi connectivity index (χ0) is 16.3. The summed E-state index contributed by atoms with van der Waals surface area (Å²) in [5, 5.41) is 0. The summed E-state index contributed by atoms with van der Waals surface area (Å²) >= 11 is 6.76. The highest BCUT2D eigenvalue weighted by atomic mass is 35.5. The third kappa shape index (κ3) is 4.27. The van der Waals surface area contributed by atoms with Gasteiger partial charge >= 0.3 is 0 Å². The molecule has 1 aromatic heterocycles. The molecule has 0 radical (unpaired) electrons. The molecule has 2 aromatic rings. The lowest BCUT2D eigenvalue weighted by molar-refractivity contribution is 0.299. The predicted octanol–water partition coefficient (Wildman–Crippen LogP) is 3.12. The summed E-state index contributed by atoms with van der Waals surface area (Å²) in [6, 6.07) is 8.85. The highest BCUT2D eigenvalue weighted by Crippen LogP contribution is 2.26. The minimum Gasteiger partial charge on any atom is -0.301 e. The van der Waals surface area contributed by atoms with E-state index in [4.69, 9.17) is 11.6 Å². The number of hydrogen-bond acceptors (Lipinski definition) is 4. The number of halogens is 2. The van der Waals surface area contributed by atoms with Crippen molar-refractivity contribution in [1.82, 2.24) is 9.62 Å². The van der Waals surface area contributed by atoms with Crippen molar-refractivity contribution in [2.75, 3.05) is 20.6 Å². The van der Waals surface area contributed by atoms with Gasteiger partial charge in [0, 0.05) is 12.6 Å². The summed E-state index contributed by atoms with van der Waals surface area (Å²) < 4.78 is 40.9. The zero-order valence-electron chi connectivity index (χ0n) is 12.1. The molecular formula is C14H16ClFN2O2S2. The minimum absolute atomic E-state index is 0.133. The summed E-state index contributed by atoms with van der Waals surface area (Å²) in [5.74, 6) is -0.350. The number of likely N-dealkylation sites (N-methyl/N-ethyl adjacent to an activating group) is 1. The first kappa shape index (κ1) is 17.4. The van der Waals surface area contributed by atoms with Gasteiger partial charge < -0.3 is 4.90 Å². The van der Waals surface area contributed by atoms with Gasteiger partial charge in [-0.05, 0) is 43.9 Å². The van der Waals surface area contributed by atoms with Crippen LogP contribution in [0.2, 0.25) is 4.34 Å². The first-order valence-corrected chi connectivity index (χ1v) is 9.14. The molecule has 0 amide bonds. The van der Waals surface area contributed by atoms with Gasteiger partial charge in [0.05, 0.1) is 4.34 Å². The van der Waals surface area contributed by atoms with Crippen LogP contribution in [0.25, 0.3) is 0 Å².